The van der Waals surface area contributed by atoms with Crippen LogP contribution >= 0.6 is 0 Å². The summed E-state index contributed by atoms with van der Waals surface area (Å²) in [5.74, 6) is 0. The lowest BCUT2D eigenvalue weighted by atomic mass is 9.69. The van der Waals surface area contributed by atoms with Crippen molar-refractivity contribution in [1.82, 2.24) is 4.90 Å². The zero-order valence-corrected chi connectivity index (χ0v) is 24.1. The smallest absolute Gasteiger partial charge is 0.407 e. The molecule has 7 nitrogen and oxygen atoms in total. The molecule has 0 bridgehead atoms. The minimum Gasteiger partial charge on any atom is -0.465 e. The molecule has 0 spiro atoms. The molecule has 9 heteroatoms. The van der Waals surface area contributed by atoms with Gasteiger partial charge < -0.3 is 9.53 Å². The summed E-state index contributed by atoms with van der Waals surface area (Å²) in [5, 5.41) is 10.1. The summed E-state index contributed by atoms with van der Waals surface area (Å²) in [4.78, 5) is 14.0. The van der Waals surface area contributed by atoms with Crippen molar-refractivity contribution in [3.8, 4) is 0 Å². The van der Waals surface area contributed by atoms with E-state index in [1.165, 1.54) is 17.0 Å². The Balaban J connectivity index is 2.18. The lowest BCUT2D eigenvalue weighted by molar-refractivity contribution is 0.0199. The lowest BCUT2D eigenvalue weighted by Crippen LogP contribution is -2.55. The zero-order chi connectivity index (χ0) is 26.2. The molecule has 1 aliphatic rings. The van der Waals surface area contributed by atoms with E-state index in [4.69, 9.17) is 8.61 Å². The lowest BCUT2D eigenvalue weighted by Gasteiger charge is -2.47. The van der Waals surface area contributed by atoms with Crippen LogP contribution in [0.4, 0.5) is 4.79 Å². The number of amides is 1. The monoisotopic (exact) mass is 513 g/mol. The predicted octanol–water partition coefficient (Wildman–Crippen LogP) is 6.04. The van der Waals surface area contributed by atoms with Gasteiger partial charge in [0.2, 0.25) is 0 Å². The largest absolute Gasteiger partial charge is 0.465 e. The topological polar surface area (TPSA) is 93.1 Å². The Morgan fingerprint density at radius 1 is 1.15 bits per heavy atom. The predicted molar refractivity (Wildman–Crippen MR) is 137 cm³/mol. The fourth-order valence-corrected chi connectivity index (χ4v) is 6.78. The van der Waals surface area contributed by atoms with Crippen LogP contribution in [0.1, 0.15) is 66.4 Å². The van der Waals surface area contributed by atoms with E-state index in [0.29, 0.717) is 25.8 Å². The van der Waals surface area contributed by atoms with Crippen LogP contribution in [-0.2, 0) is 18.7 Å². The van der Waals surface area contributed by atoms with E-state index in [1.807, 2.05) is 27.7 Å². The van der Waals surface area contributed by atoms with Gasteiger partial charge in [0.05, 0.1) is 23.1 Å². The molecule has 1 aromatic carbocycles. The average molecular weight is 514 g/mol. The fraction of sp³-hybridized carbons (Fsp3) is 0.720. The Bertz CT molecular complexity index is 963. The molecule has 0 aliphatic carbocycles. The standard InChI is InChI=1S/C25H43NO6SSi/c1-19-11-13-21(14-12-19)33(29,30)31-16-10-15-25(23(2,3)4)17-20(18-26(25)22(27)28)32-34(8,9)24(5,6)7/h11-14,20H,10,15-18H2,1-9H3,(H,27,28)/t20-,25-/m1/s1. The number of rotatable bonds is 8. The highest BCUT2D eigenvalue weighted by atomic mass is 32.2. The van der Waals surface area contributed by atoms with Gasteiger partial charge in [-0.2, -0.15) is 8.42 Å². The Kier molecular flexibility index (Phi) is 8.40. The molecule has 194 valence electrons. The van der Waals surface area contributed by atoms with Crippen molar-refractivity contribution >= 4 is 24.5 Å². The highest BCUT2D eigenvalue weighted by Crippen LogP contribution is 2.49. The van der Waals surface area contributed by atoms with E-state index >= 15 is 0 Å². The van der Waals surface area contributed by atoms with Gasteiger partial charge >= 0.3 is 6.09 Å². The maximum atomic E-state index is 12.5. The summed E-state index contributed by atoms with van der Waals surface area (Å²) in [5.41, 5.74) is -0.0779. The third-order valence-corrected chi connectivity index (χ3v) is 13.5. The van der Waals surface area contributed by atoms with Gasteiger partial charge in [0.25, 0.3) is 10.1 Å². The summed E-state index contributed by atoms with van der Waals surface area (Å²) < 4.78 is 37.0. The van der Waals surface area contributed by atoms with E-state index < -0.39 is 30.1 Å². The molecule has 2 atom stereocenters. The van der Waals surface area contributed by atoms with E-state index in [1.54, 1.807) is 12.1 Å². The van der Waals surface area contributed by atoms with Gasteiger partial charge in [-0.3, -0.25) is 9.08 Å². The third kappa shape index (κ3) is 6.22. The molecule has 0 radical (unpaired) electrons. The summed E-state index contributed by atoms with van der Waals surface area (Å²) in [6.45, 7) is 19.2. The normalized spacial score (nSPS) is 22.3. The van der Waals surface area contributed by atoms with E-state index in [-0.39, 0.29) is 28.1 Å². The first-order valence-corrected chi connectivity index (χ1v) is 16.3. The minimum absolute atomic E-state index is 0.00471. The van der Waals surface area contributed by atoms with E-state index in [2.05, 4.69) is 33.9 Å². The van der Waals surface area contributed by atoms with Gasteiger partial charge in [-0.05, 0) is 61.9 Å². The second kappa shape index (κ2) is 9.91. The summed E-state index contributed by atoms with van der Waals surface area (Å²) >= 11 is 0. The maximum absolute atomic E-state index is 12.5. The molecule has 1 amide bonds. The van der Waals surface area contributed by atoms with Crippen molar-refractivity contribution in [3.63, 3.8) is 0 Å². The number of aryl methyl sites for hydroxylation is 1. The molecular weight excluding hydrogens is 470 g/mol. The van der Waals surface area contributed by atoms with Crippen LogP contribution < -0.4 is 0 Å². The molecule has 0 aromatic heterocycles. The number of hydrogen-bond acceptors (Lipinski definition) is 5. The van der Waals surface area contributed by atoms with Crippen LogP contribution in [0.3, 0.4) is 0 Å². The number of benzene rings is 1. The molecule has 1 saturated heterocycles. The second-order valence-electron chi connectivity index (χ2n) is 12.1. The van der Waals surface area contributed by atoms with Crippen LogP contribution in [0.25, 0.3) is 0 Å². The molecule has 34 heavy (non-hydrogen) atoms. The first kappa shape index (κ1) is 28.8. The third-order valence-electron chi connectivity index (χ3n) is 7.65. The molecule has 1 heterocycles. The number of likely N-dealkylation sites (tertiary alicyclic amines) is 1. The first-order chi connectivity index (χ1) is 15.3. The first-order valence-electron chi connectivity index (χ1n) is 12.0. The highest BCUT2D eigenvalue weighted by molar-refractivity contribution is 7.86. The summed E-state index contributed by atoms with van der Waals surface area (Å²) in [6, 6.07) is 6.54. The number of hydrogen-bond donors (Lipinski definition) is 1. The number of carbonyl (C=O) groups is 1. The van der Waals surface area contributed by atoms with Crippen molar-refractivity contribution in [2.24, 2.45) is 5.41 Å². The van der Waals surface area contributed by atoms with Gasteiger partial charge in [0.1, 0.15) is 0 Å². The molecule has 1 fully saturated rings. The molecule has 0 unspecified atom stereocenters. The second-order valence-corrected chi connectivity index (χ2v) is 18.4. The number of carboxylic acid groups (broad SMARTS) is 1. The van der Waals surface area contributed by atoms with Crippen LogP contribution in [0.2, 0.25) is 18.1 Å². The van der Waals surface area contributed by atoms with E-state index in [9.17, 15) is 18.3 Å². The van der Waals surface area contributed by atoms with Crippen molar-refractivity contribution in [2.75, 3.05) is 13.2 Å². The molecule has 1 aliphatic heterocycles. The van der Waals surface area contributed by atoms with Crippen LogP contribution in [0.5, 0.6) is 0 Å². The fourth-order valence-electron chi connectivity index (χ4n) is 4.49. The van der Waals surface area contributed by atoms with Crippen molar-refractivity contribution in [3.05, 3.63) is 29.8 Å². The van der Waals surface area contributed by atoms with Crippen molar-refractivity contribution < 1.29 is 26.9 Å². The SMILES string of the molecule is Cc1ccc(S(=O)(=O)OCCC[C@]2(C(C)(C)C)C[C@@H](O[Si](C)(C)C(C)(C)C)CN2C(=O)O)cc1. The zero-order valence-electron chi connectivity index (χ0n) is 22.3. The molecule has 2 rings (SSSR count). The molecular formula is C25H43NO6SSi. The van der Waals surface area contributed by atoms with Crippen LogP contribution in [-0.4, -0.2) is 57.6 Å². The minimum atomic E-state index is -3.86. The van der Waals surface area contributed by atoms with Gasteiger partial charge in [0.15, 0.2) is 8.32 Å². The van der Waals surface area contributed by atoms with Crippen molar-refractivity contribution in [2.45, 2.75) is 102 Å². The Morgan fingerprint density at radius 2 is 1.71 bits per heavy atom. The molecule has 1 N–H and O–H groups in total. The van der Waals surface area contributed by atoms with Gasteiger partial charge in [-0.25, -0.2) is 4.79 Å². The van der Waals surface area contributed by atoms with Crippen LogP contribution in [0, 0.1) is 12.3 Å². The summed E-state index contributed by atoms with van der Waals surface area (Å²) in [6.07, 6.45) is 0.334. The molecule has 1 aromatic rings. The highest BCUT2D eigenvalue weighted by Gasteiger charge is 2.56. The maximum Gasteiger partial charge on any atom is 0.407 e. The average Bonchev–Trinajstić information content (AvgIpc) is 3.04. The van der Waals surface area contributed by atoms with Gasteiger partial charge in [0, 0.05) is 6.54 Å². The number of nitrogens with zero attached hydrogens (tertiary/aromatic N) is 1. The van der Waals surface area contributed by atoms with E-state index in [0.717, 1.165) is 5.56 Å². The van der Waals surface area contributed by atoms with Gasteiger partial charge in [-0.1, -0.05) is 59.2 Å². The Hall–Kier alpha value is -1.42. The Labute approximate surface area is 207 Å². The summed E-state index contributed by atoms with van der Waals surface area (Å²) in [7, 11) is -5.94. The Morgan fingerprint density at radius 3 is 2.18 bits per heavy atom. The van der Waals surface area contributed by atoms with Crippen molar-refractivity contribution in [1.29, 1.82) is 0 Å². The van der Waals surface area contributed by atoms with Gasteiger partial charge in [-0.15, -0.1) is 0 Å². The quantitative estimate of drug-likeness (QED) is 0.259. The van der Waals surface area contributed by atoms with Crippen LogP contribution in [0.15, 0.2) is 29.2 Å². The molecule has 0 saturated carbocycles.